The number of rotatable bonds is 4. The smallest absolute Gasteiger partial charge is 0.338 e. The molecule has 3 rings (SSSR count). The molecule has 0 spiro atoms. The third-order valence-electron chi connectivity index (χ3n) is 3.70. The number of carbonyl (C=O) groups excluding carboxylic acids is 1. The molecule has 1 N–H and O–H groups in total. The molecule has 0 fully saturated rings. The molecule has 0 aliphatic rings. The molecule has 0 atom stereocenters. The van der Waals surface area contributed by atoms with Gasteiger partial charge in [-0.05, 0) is 49.7 Å². The van der Waals surface area contributed by atoms with Crippen molar-refractivity contribution in [3.05, 3.63) is 64.8 Å². The third kappa shape index (κ3) is 3.19. The van der Waals surface area contributed by atoms with E-state index >= 15 is 0 Å². The van der Waals surface area contributed by atoms with E-state index in [1.54, 1.807) is 25.3 Å². The first-order valence-corrected chi connectivity index (χ1v) is 8.06. The highest BCUT2D eigenvalue weighted by Gasteiger charge is 2.10. The summed E-state index contributed by atoms with van der Waals surface area (Å²) in [6.07, 6.45) is 1.74. The second kappa shape index (κ2) is 6.89. The van der Waals surface area contributed by atoms with Gasteiger partial charge in [0, 0.05) is 17.3 Å². The van der Waals surface area contributed by atoms with Gasteiger partial charge in [0.25, 0.3) is 0 Å². The second-order valence-electron chi connectivity index (χ2n) is 5.37. The number of carbonyl (C=O) groups is 1. The minimum atomic E-state index is -0.338. The van der Waals surface area contributed by atoms with Crippen LogP contribution in [0.4, 0.5) is 11.4 Å². The lowest BCUT2D eigenvalue weighted by Crippen LogP contribution is -2.05. The fraction of sp³-hybridized carbons (Fsp3) is 0.158. The van der Waals surface area contributed by atoms with Crippen LogP contribution >= 0.6 is 11.6 Å². The Morgan fingerprint density at radius 2 is 2.08 bits per heavy atom. The normalized spacial score (nSPS) is 10.6. The molecule has 2 aromatic carbocycles. The number of halogens is 1. The number of nitrogens with zero attached hydrogens (tertiary/aromatic N) is 1. The van der Waals surface area contributed by atoms with Gasteiger partial charge in [-0.15, -0.1) is 0 Å². The predicted octanol–water partition coefficient (Wildman–Crippen LogP) is 5.12. The van der Waals surface area contributed by atoms with Crippen LogP contribution < -0.4 is 5.32 Å². The number of anilines is 2. The minimum absolute atomic E-state index is 0.338. The Bertz CT molecular complexity index is 909. The van der Waals surface area contributed by atoms with Gasteiger partial charge in [-0.1, -0.05) is 23.7 Å². The Hall–Kier alpha value is -2.59. The fourth-order valence-corrected chi connectivity index (χ4v) is 2.82. The highest BCUT2D eigenvalue weighted by atomic mass is 35.5. The van der Waals surface area contributed by atoms with Crippen molar-refractivity contribution in [3.63, 3.8) is 0 Å². The summed E-state index contributed by atoms with van der Waals surface area (Å²) in [4.78, 5) is 16.3. The van der Waals surface area contributed by atoms with E-state index in [1.807, 2.05) is 37.3 Å². The zero-order valence-electron chi connectivity index (χ0n) is 13.5. The molecule has 0 aliphatic heterocycles. The Morgan fingerprint density at radius 1 is 1.25 bits per heavy atom. The Morgan fingerprint density at radius 3 is 2.88 bits per heavy atom. The molecule has 1 aromatic heterocycles. The van der Waals surface area contributed by atoms with E-state index in [1.165, 1.54) is 0 Å². The van der Waals surface area contributed by atoms with E-state index in [0.717, 1.165) is 27.8 Å². The quantitative estimate of drug-likeness (QED) is 0.670. The SMILES string of the molecule is CCOC(=O)c1cccc(Nc2ccnc3c(C)ccc(Cl)c23)c1. The Balaban J connectivity index is 2.01. The molecule has 24 heavy (non-hydrogen) atoms. The molecule has 3 aromatic rings. The molecular weight excluding hydrogens is 324 g/mol. The van der Waals surface area contributed by atoms with Crippen LogP contribution in [0.1, 0.15) is 22.8 Å². The van der Waals surface area contributed by atoms with E-state index in [-0.39, 0.29) is 5.97 Å². The lowest BCUT2D eigenvalue weighted by Gasteiger charge is -2.12. The number of fused-ring (bicyclic) bond motifs is 1. The molecule has 0 aliphatic carbocycles. The van der Waals surface area contributed by atoms with Gasteiger partial charge >= 0.3 is 5.97 Å². The molecule has 0 amide bonds. The number of hydrogen-bond acceptors (Lipinski definition) is 4. The van der Waals surface area contributed by atoms with Crippen molar-refractivity contribution < 1.29 is 9.53 Å². The van der Waals surface area contributed by atoms with Crippen molar-refractivity contribution in [2.75, 3.05) is 11.9 Å². The van der Waals surface area contributed by atoms with Crippen LogP contribution in [-0.2, 0) is 4.74 Å². The molecule has 122 valence electrons. The highest BCUT2D eigenvalue weighted by Crippen LogP contribution is 2.32. The van der Waals surface area contributed by atoms with Gasteiger partial charge < -0.3 is 10.1 Å². The molecule has 0 saturated heterocycles. The standard InChI is InChI=1S/C19H17ClN2O2/c1-3-24-19(23)13-5-4-6-14(11-13)22-16-9-10-21-18-12(2)7-8-15(20)17(16)18/h4-11H,3H2,1-2H3,(H,21,22). The van der Waals surface area contributed by atoms with Gasteiger partial charge in [-0.2, -0.15) is 0 Å². The molecule has 0 unspecified atom stereocenters. The van der Waals surface area contributed by atoms with E-state index < -0.39 is 0 Å². The molecule has 0 radical (unpaired) electrons. The highest BCUT2D eigenvalue weighted by molar-refractivity contribution is 6.36. The fourth-order valence-electron chi connectivity index (χ4n) is 2.56. The van der Waals surface area contributed by atoms with Crippen LogP contribution in [0.25, 0.3) is 10.9 Å². The molecule has 0 bridgehead atoms. The first-order valence-electron chi connectivity index (χ1n) is 7.68. The van der Waals surface area contributed by atoms with Gasteiger partial charge in [0.2, 0.25) is 0 Å². The van der Waals surface area contributed by atoms with Crippen molar-refractivity contribution in [2.45, 2.75) is 13.8 Å². The van der Waals surface area contributed by atoms with Gasteiger partial charge in [-0.25, -0.2) is 4.79 Å². The van der Waals surface area contributed by atoms with Crippen molar-refractivity contribution in [2.24, 2.45) is 0 Å². The molecule has 4 nitrogen and oxygen atoms in total. The van der Waals surface area contributed by atoms with Crippen molar-refractivity contribution in [1.29, 1.82) is 0 Å². The van der Waals surface area contributed by atoms with Crippen molar-refractivity contribution in [3.8, 4) is 0 Å². The van der Waals surface area contributed by atoms with E-state index in [4.69, 9.17) is 16.3 Å². The number of pyridine rings is 1. The number of esters is 1. The summed E-state index contributed by atoms with van der Waals surface area (Å²) in [6, 6.07) is 12.9. The van der Waals surface area contributed by atoms with E-state index in [0.29, 0.717) is 17.2 Å². The molecule has 0 saturated carbocycles. The zero-order valence-corrected chi connectivity index (χ0v) is 14.2. The van der Waals surface area contributed by atoms with Crippen LogP contribution in [0.2, 0.25) is 5.02 Å². The third-order valence-corrected chi connectivity index (χ3v) is 4.01. The van der Waals surface area contributed by atoms with Gasteiger partial charge in [0.05, 0.1) is 28.4 Å². The van der Waals surface area contributed by atoms with Crippen LogP contribution in [0.3, 0.4) is 0 Å². The van der Waals surface area contributed by atoms with Gasteiger partial charge in [-0.3, -0.25) is 4.98 Å². The lowest BCUT2D eigenvalue weighted by atomic mass is 10.1. The average Bonchev–Trinajstić information content (AvgIpc) is 2.59. The Labute approximate surface area is 145 Å². The number of benzene rings is 2. The number of ether oxygens (including phenoxy) is 1. The number of nitrogens with one attached hydrogen (secondary N) is 1. The maximum absolute atomic E-state index is 11.9. The topological polar surface area (TPSA) is 51.2 Å². The summed E-state index contributed by atoms with van der Waals surface area (Å²) in [6.45, 7) is 4.13. The average molecular weight is 341 g/mol. The van der Waals surface area contributed by atoms with Gasteiger partial charge in [0.15, 0.2) is 0 Å². The predicted molar refractivity (Wildman–Crippen MR) is 97.2 cm³/mol. The summed E-state index contributed by atoms with van der Waals surface area (Å²) in [5, 5.41) is 4.81. The summed E-state index contributed by atoms with van der Waals surface area (Å²) >= 11 is 6.37. The van der Waals surface area contributed by atoms with Crippen LogP contribution in [0.15, 0.2) is 48.7 Å². The molecular formula is C19H17ClN2O2. The first-order chi connectivity index (χ1) is 11.6. The summed E-state index contributed by atoms with van der Waals surface area (Å²) in [7, 11) is 0. The number of hydrogen-bond donors (Lipinski definition) is 1. The number of aromatic nitrogens is 1. The number of aryl methyl sites for hydroxylation is 1. The summed E-state index contributed by atoms with van der Waals surface area (Å²) in [5.41, 5.74) is 4.04. The zero-order chi connectivity index (χ0) is 17.1. The Kier molecular flexibility index (Phi) is 4.67. The minimum Gasteiger partial charge on any atom is -0.462 e. The van der Waals surface area contributed by atoms with Gasteiger partial charge in [0.1, 0.15) is 0 Å². The second-order valence-corrected chi connectivity index (χ2v) is 5.78. The van der Waals surface area contributed by atoms with Crippen LogP contribution in [0.5, 0.6) is 0 Å². The maximum atomic E-state index is 11.9. The summed E-state index contributed by atoms with van der Waals surface area (Å²) in [5.74, 6) is -0.338. The van der Waals surface area contributed by atoms with E-state index in [2.05, 4.69) is 10.3 Å². The van der Waals surface area contributed by atoms with Crippen molar-refractivity contribution in [1.82, 2.24) is 4.98 Å². The largest absolute Gasteiger partial charge is 0.462 e. The summed E-state index contributed by atoms with van der Waals surface area (Å²) < 4.78 is 5.04. The lowest BCUT2D eigenvalue weighted by molar-refractivity contribution is 0.0526. The monoisotopic (exact) mass is 340 g/mol. The first kappa shape index (κ1) is 16.3. The van der Waals surface area contributed by atoms with Crippen LogP contribution in [-0.4, -0.2) is 17.6 Å². The maximum Gasteiger partial charge on any atom is 0.338 e. The van der Waals surface area contributed by atoms with Crippen LogP contribution in [0, 0.1) is 6.92 Å². The molecule has 1 heterocycles. The molecule has 5 heteroatoms. The van der Waals surface area contributed by atoms with Crippen molar-refractivity contribution >= 4 is 39.8 Å². The van der Waals surface area contributed by atoms with E-state index in [9.17, 15) is 4.79 Å².